The third-order valence-electron chi connectivity index (χ3n) is 4.49. The van der Waals surface area contributed by atoms with Crippen molar-refractivity contribution in [3.05, 3.63) is 60.6 Å². The number of aromatic nitrogens is 6. The smallest absolute Gasteiger partial charge is 0.269 e. The van der Waals surface area contributed by atoms with Crippen molar-refractivity contribution in [2.24, 2.45) is 0 Å². The number of benzene rings is 1. The molecule has 4 aromatic rings. The molecule has 0 saturated carbocycles. The monoisotopic (exact) mass is 357 g/mol. The van der Waals surface area contributed by atoms with Gasteiger partial charge in [-0.05, 0) is 23.8 Å². The molecule has 1 aromatic carbocycles. The summed E-state index contributed by atoms with van der Waals surface area (Å²) >= 11 is 0. The Hall–Kier alpha value is -3.81. The molecule has 0 spiro atoms. The van der Waals surface area contributed by atoms with Crippen LogP contribution in [0.2, 0.25) is 0 Å². The topological polar surface area (TPSA) is 101 Å². The highest BCUT2D eigenvalue weighted by molar-refractivity contribution is 5.94. The highest BCUT2D eigenvalue weighted by Crippen LogP contribution is 2.24. The molecule has 2 N–H and O–H groups in total. The van der Waals surface area contributed by atoms with Gasteiger partial charge in [-0.25, -0.2) is 9.97 Å². The number of carbonyl (C=O) groups is 1. The summed E-state index contributed by atoms with van der Waals surface area (Å²) in [6.45, 7) is 1.25. The first-order chi connectivity index (χ1) is 13.3. The summed E-state index contributed by atoms with van der Waals surface area (Å²) in [5.74, 6) is 0.503. The molecular formula is C19H15N7O. The molecule has 0 atom stereocenters. The Labute approximate surface area is 154 Å². The van der Waals surface area contributed by atoms with Gasteiger partial charge in [0.05, 0.1) is 17.9 Å². The van der Waals surface area contributed by atoms with Gasteiger partial charge in [0, 0.05) is 24.5 Å². The van der Waals surface area contributed by atoms with Crippen molar-refractivity contribution in [2.45, 2.75) is 6.54 Å². The van der Waals surface area contributed by atoms with E-state index in [0.29, 0.717) is 36.0 Å². The van der Waals surface area contributed by atoms with Crippen molar-refractivity contribution in [3.8, 4) is 34.0 Å². The molecule has 8 heteroatoms. The zero-order chi connectivity index (χ0) is 18.2. The predicted octanol–water partition coefficient (Wildman–Crippen LogP) is 2.14. The van der Waals surface area contributed by atoms with E-state index in [1.807, 2.05) is 30.3 Å². The van der Waals surface area contributed by atoms with Crippen LogP contribution in [0.25, 0.3) is 34.0 Å². The van der Waals surface area contributed by atoms with Gasteiger partial charge in [0.15, 0.2) is 5.82 Å². The standard InChI is InChI=1S/C19H15N7O/c27-19-17-11-16(25-26(17)10-9-21-19)15-5-7-20-18(23-15)13-3-1-12(2-4-13)14-6-8-22-24-14/h1-8,11H,9-10H2,(H,21,27)(H,22,24). The predicted molar refractivity (Wildman–Crippen MR) is 98.6 cm³/mol. The van der Waals surface area contributed by atoms with E-state index < -0.39 is 0 Å². The van der Waals surface area contributed by atoms with Crippen LogP contribution in [0.1, 0.15) is 10.5 Å². The number of nitrogens with one attached hydrogen (secondary N) is 2. The van der Waals surface area contributed by atoms with Crippen LogP contribution in [0.3, 0.4) is 0 Å². The molecule has 0 bridgehead atoms. The number of nitrogens with zero attached hydrogens (tertiary/aromatic N) is 5. The zero-order valence-electron chi connectivity index (χ0n) is 14.3. The lowest BCUT2D eigenvalue weighted by Crippen LogP contribution is -2.35. The minimum Gasteiger partial charge on any atom is -0.349 e. The number of hydrogen-bond donors (Lipinski definition) is 2. The molecule has 132 valence electrons. The first-order valence-electron chi connectivity index (χ1n) is 8.57. The first kappa shape index (κ1) is 15.4. The molecule has 0 fully saturated rings. The van der Waals surface area contributed by atoms with E-state index in [2.05, 4.69) is 30.6 Å². The third-order valence-corrected chi connectivity index (χ3v) is 4.49. The molecule has 5 rings (SSSR count). The molecule has 1 aliphatic rings. The summed E-state index contributed by atoms with van der Waals surface area (Å²) in [6.07, 6.45) is 3.43. The maximum absolute atomic E-state index is 11.9. The molecule has 1 aliphatic heterocycles. The van der Waals surface area contributed by atoms with Crippen LogP contribution in [-0.4, -0.2) is 42.4 Å². The fraction of sp³-hybridized carbons (Fsp3) is 0.105. The number of rotatable bonds is 3. The summed E-state index contributed by atoms with van der Waals surface area (Å²) in [5, 5.41) is 14.2. The summed E-state index contributed by atoms with van der Waals surface area (Å²) in [6, 6.07) is 13.4. The van der Waals surface area contributed by atoms with Crippen molar-refractivity contribution >= 4 is 5.91 Å². The van der Waals surface area contributed by atoms with E-state index in [-0.39, 0.29) is 5.91 Å². The maximum atomic E-state index is 11.9. The molecule has 3 aromatic heterocycles. The average Bonchev–Trinajstić information content (AvgIpc) is 3.39. The molecule has 0 saturated heterocycles. The van der Waals surface area contributed by atoms with Crippen molar-refractivity contribution in [3.63, 3.8) is 0 Å². The van der Waals surface area contributed by atoms with Gasteiger partial charge < -0.3 is 5.32 Å². The number of amides is 1. The van der Waals surface area contributed by atoms with Crippen LogP contribution in [0.15, 0.2) is 54.9 Å². The summed E-state index contributed by atoms with van der Waals surface area (Å²) < 4.78 is 1.72. The second-order valence-electron chi connectivity index (χ2n) is 6.21. The van der Waals surface area contributed by atoms with Crippen LogP contribution < -0.4 is 5.32 Å². The Morgan fingerprint density at radius 1 is 0.963 bits per heavy atom. The van der Waals surface area contributed by atoms with Crippen LogP contribution >= 0.6 is 0 Å². The zero-order valence-corrected chi connectivity index (χ0v) is 14.3. The maximum Gasteiger partial charge on any atom is 0.269 e. The molecule has 0 radical (unpaired) electrons. The highest BCUT2D eigenvalue weighted by Gasteiger charge is 2.20. The summed E-state index contributed by atoms with van der Waals surface area (Å²) in [4.78, 5) is 21.0. The van der Waals surface area contributed by atoms with Crippen LogP contribution in [0, 0.1) is 0 Å². The second kappa shape index (κ2) is 6.17. The Morgan fingerprint density at radius 3 is 2.59 bits per heavy atom. The number of carbonyl (C=O) groups excluding carboxylic acids is 1. The van der Waals surface area contributed by atoms with Gasteiger partial charge in [0.25, 0.3) is 5.91 Å². The Balaban J connectivity index is 1.48. The van der Waals surface area contributed by atoms with Gasteiger partial charge in [0.1, 0.15) is 11.4 Å². The minimum atomic E-state index is -0.108. The fourth-order valence-corrected chi connectivity index (χ4v) is 3.12. The molecule has 0 unspecified atom stereocenters. The van der Waals surface area contributed by atoms with Crippen molar-refractivity contribution in [1.29, 1.82) is 0 Å². The number of H-pyrrole nitrogens is 1. The number of hydrogen-bond acceptors (Lipinski definition) is 5. The Kier molecular flexibility index (Phi) is 3.53. The first-order valence-corrected chi connectivity index (χ1v) is 8.57. The minimum absolute atomic E-state index is 0.108. The molecule has 27 heavy (non-hydrogen) atoms. The van der Waals surface area contributed by atoms with Gasteiger partial charge in [0.2, 0.25) is 0 Å². The lowest BCUT2D eigenvalue weighted by molar-refractivity contribution is 0.0924. The SMILES string of the molecule is O=C1NCCn2nc(-c3ccnc(-c4ccc(-c5ccn[nH]5)cc4)n3)cc21. The average molecular weight is 357 g/mol. The van der Waals surface area contributed by atoms with E-state index >= 15 is 0 Å². The lowest BCUT2D eigenvalue weighted by atomic mass is 10.1. The fourth-order valence-electron chi connectivity index (χ4n) is 3.12. The van der Waals surface area contributed by atoms with Crippen LogP contribution in [-0.2, 0) is 6.54 Å². The van der Waals surface area contributed by atoms with Crippen molar-refractivity contribution in [2.75, 3.05) is 6.54 Å². The van der Waals surface area contributed by atoms with E-state index in [0.717, 1.165) is 16.8 Å². The van der Waals surface area contributed by atoms with Gasteiger partial charge in [-0.2, -0.15) is 10.2 Å². The van der Waals surface area contributed by atoms with E-state index in [9.17, 15) is 4.79 Å². The van der Waals surface area contributed by atoms with E-state index in [1.165, 1.54) is 0 Å². The van der Waals surface area contributed by atoms with Gasteiger partial charge in [-0.1, -0.05) is 24.3 Å². The number of fused-ring (bicyclic) bond motifs is 1. The van der Waals surface area contributed by atoms with Crippen LogP contribution in [0.5, 0.6) is 0 Å². The normalized spacial score (nSPS) is 13.3. The van der Waals surface area contributed by atoms with Gasteiger partial charge in [-0.3, -0.25) is 14.6 Å². The molecule has 4 heterocycles. The highest BCUT2D eigenvalue weighted by atomic mass is 16.2. The van der Waals surface area contributed by atoms with Crippen LogP contribution in [0.4, 0.5) is 0 Å². The second-order valence-corrected chi connectivity index (χ2v) is 6.21. The van der Waals surface area contributed by atoms with E-state index in [1.54, 1.807) is 29.2 Å². The quantitative estimate of drug-likeness (QED) is 0.585. The molecule has 0 aliphatic carbocycles. The third kappa shape index (κ3) is 2.77. The van der Waals surface area contributed by atoms with Crippen molar-refractivity contribution < 1.29 is 4.79 Å². The molecular weight excluding hydrogens is 342 g/mol. The summed E-state index contributed by atoms with van der Waals surface area (Å²) in [5.41, 5.74) is 4.81. The van der Waals surface area contributed by atoms with E-state index in [4.69, 9.17) is 0 Å². The molecule has 1 amide bonds. The molecule has 8 nitrogen and oxygen atoms in total. The van der Waals surface area contributed by atoms with Gasteiger partial charge >= 0.3 is 0 Å². The number of aromatic amines is 1. The Morgan fingerprint density at radius 2 is 1.81 bits per heavy atom. The lowest BCUT2D eigenvalue weighted by Gasteiger charge is -2.13. The Bertz CT molecular complexity index is 1110. The largest absolute Gasteiger partial charge is 0.349 e. The summed E-state index contributed by atoms with van der Waals surface area (Å²) in [7, 11) is 0. The van der Waals surface area contributed by atoms with Crippen molar-refractivity contribution in [1.82, 2.24) is 35.3 Å². The van der Waals surface area contributed by atoms with Gasteiger partial charge in [-0.15, -0.1) is 0 Å².